The number of nitro benzene ring substituents is 2. The molecule has 0 aliphatic carbocycles. The van der Waals surface area contributed by atoms with Crippen molar-refractivity contribution in [2.24, 2.45) is 0 Å². The number of rotatable bonds is 5. The van der Waals surface area contributed by atoms with Crippen LogP contribution in [0.1, 0.15) is 15.9 Å². The van der Waals surface area contributed by atoms with Crippen molar-refractivity contribution in [3.8, 4) is 0 Å². The molecule has 0 saturated heterocycles. The van der Waals surface area contributed by atoms with Crippen molar-refractivity contribution >= 4 is 28.9 Å². The van der Waals surface area contributed by atoms with Crippen LogP contribution in [0.25, 0.3) is 0 Å². The van der Waals surface area contributed by atoms with E-state index in [4.69, 9.17) is 11.6 Å². The summed E-state index contributed by atoms with van der Waals surface area (Å²) in [4.78, 5) is 31.9. The third-order valence-electron chi connectivity index (χ3n) is 3.03. The average Bonchev–Trinajstić information content (AvgIpc) is 2.53. The molecule has 0 heterocycles. The van der Waals surface area contributed by atoms with Crippen LogP contribution in [0.4, 0.5) is 11.4 Å². The zero-order valence-electron chi connectivity index (χ0n) is 11.6. The van der Waals surface area contributed by atoms with Gasteiger partial charge in [0, 0.05) is 29.3 Å². The van der Waals surface area contributed by atoms with Crippen molar-refractivity contribution in [2.45, 2.75) is 6.54 Å². The Labute approximate surface area is 135 Å². The molecule has 0 aromatic heterocycles. The fourth-order valence-corrected chi connectivity index (χ4v) is 2.09. The number of nitro groups is 2. The van der Waals surface area contributed by atoms with E-state index >= 15 is 0 Å². The Bertz CT molecular complexity index is 794. The largest absolute Gasteiger partial charge is 0.348 e. The second-order valence-corrected chi connectivity index (χ2v) is 4.90. The maximum Gasteiger partial charge on any atom is 0.346 e. The Morgan fingerprint density at radius 2 is 1.70 bits per heavy atom. The van der Waals surface area contributed by atoms with Crippen LogP contribution in [0, 0.1) is 20.2 Å². The summed E-state index contributed by atoms with van der Waals surface area (Å²) in [7, 11) is 0. The van der Waals surface area contributed by atoms with Crippen LogP contribution in [0.3, 0.4) is 0 Å². The van der Waals surface area contributed by atoms with Gasteiger partial charge in [-0.15, -0.1) is 0 Å². The summed E-state index contributed by atoms with van der Waals surface area (Å²) in [6, 6.07) is 9.85. The number of carbonyl (C=O) groups excluding carboxylic acids is 1. The number of amides is 1. The lowest BCUT2D eigenvalue weighted by Gasteiger charge is -2.07. The number of hydrogen-bond donors (Lipinski definition) is 1. The predicted octanol–water partition coefficient (Wildman–Crippen LogP) is 3.09. The normalized spacial score (nSPS) is 10.1. The van der Waals surface area contributed by atoms with Crippen LogP contribution in [-0.4, -0.2) is 15.8 Å². The summed E-state index contributed by atoms with van der Waals surface area (Å²) < 4.78 is 0. The van der Waals surface area contributed by atoms with Gasteiger partial charge in [0.2, 0.25) is 0 Å². The molecule has 9 heteroatoms. The van der Waals surface area contributed by atoms with Crippen LogP contribution in [0.2, 0.25) is 5.02 Å². The zero-order chi connectivity index (χ0) is 17.0. The Morgan fingerprint density at radius 1 is 1.04 bits per heavy atom. The molecule has 0 spiro atoms. The van der Waals surface area contributed by atoms with Gasteiger partial charge < -0.3 is 5.32 Å². The molecule has 0 aliphatic heterocycles. The van der Waals surface area contributed by atoms with Gasteiger partial charge in [-0.1, -0.05) is 29.8 Å². The average molecular weight is 336 g/mol. The first kappa shape index (κ1) is 16.4. The topological polar surface area (TPSA) is 115 Å². The molecule has 0 radical (unpaired) electrons. The van der Waals surface area contributed by atoms with Crippen LogP contribution in [-0.2, 0) is 6.54 Å². The molecule has 1 amide bonds. The lowest BCUT2D eigenvalue weighted by molar-refractivity contribution is -0.422. The highest BCUT2D eigenvalue weighted by atomic mass is 35.5. The Hall–Kier alpha value is -3.00. The van der Waals surface area contributed by atoms with E-state index in [1.54, 1.807) is 24.3 Å². The standard InChI is InChI=1S/C14H10ClN3O5/c15-11-4-2-1-3-10(11)8-16-14(19)9-5-6-12(17(20)21)13(7-9)18(22)23/h1-7H,8H2,(H,16,19). The van der Waals surface area contributed by atoms with Crippen molar-refractivity contribution in [3.63, 3.8) is 0 Å². The monoisotopic (exact) mass is 335 g/mol. The predicted molar refractivity (Wildman–Crippen MR) is 82.4 cm³/mol. The van der Waals surface area contributed by atoms with E-state index < -0.39 is 27.1 Å². The van der Waals surface area contributed by atoms with E-state index in [1.165, 1.54) is 0 Å². The molecule has 0 aliphatic rings. The molecule has 8 nitrogen and oxygen atoms in total. The number of nitrogens with one attached hydrogen (secondary N) is 1. The van der Waals surface area contributed by atoms with Crippen molar-refractivity contribution in [2.75, 3.05) is 0 Å². The molecule has 118 valence electrons. The molecule has 0 atom stereocenters. The van der Waals surface area contributed by atoms with Gasteiger partial charge in [-0.2, -0.15) is 0 Å². The highest BCUT2D eigenvalue weighted by Crippen LogP contribution is 2.27. The summed E-state index contributed by atoms with van der Waals surface area (Å²) in [5, 5.41) is 24.6. The molecule has 2 aromatic carbocycles. The van der Waals surface area contributed by atoms with Crippen LogP contribution < -0.4 is 5.32 Å². The van der Waals surface area contributed by atoms with E-state index in [1.807, 2.05) is 0 Å². The summed E-state index contributed by atoms with van der Waals surface area (Å²) in [6.07, 6.45) is 0. The maximum atomic E-state index is 12.0. The molecular weight excluding hydrogens is 326 g/mol. The molecule has 0 fully saturated rings. The second kappa shape index (κ2) is 6.84. The fraction of sp³-hybridized carbons (Fsp3) is 0.0714. The van der Waals surface area contributed by atoms with Crippen molar-refractivity contribution < 1.29 is 14.6 Å². The molecule has 2 rings (SSSR count). The molecule has 0 bridgehead atoms. The van der Waals surface area contributed by atoms with Gasteiger partial charge in [-0.05, 0) is 17.7 Å². The number of benzene rings is 2. The molecule has 0 saturated carbocycles. The zero-order valence-corrected chi connectivity index (χ0v) is 12.3. The Kier molecular flexibility index (Phi) is 4.87. The molecular formula is C14H10ClN3O5. The minimum absolute atomic E-state index is 0.0469. The van der Waals surface area contributed by atoms with Crippen LogP contribution in [0.15, 0.2) is 42.5 Å². The lowest BCUT2D eigenvalue weighted by Crippen LogP contribution is -2.23. The third kappa shape index (κ3) is 3.80. The SMILES string of the molecule is O=C(NCc1ccccc1Cl)c1ccc([N+](=O)[O-])c([N+](=O)[O-])c1. The van der Waals surface area contributed by atoms with E-state index in [-0.39, 0.29) is 12.1 Å². The molecule has 1 N–H and O–H groups in total. The molecule has 23 heavy (non-hydrogen) atoms. The first-order valence-electron chi connectivity index (χ1n) is 6.34. The minimum atomic E-state index is -0.900. The lowest BCUT2D eigenvalue weighted by atomic mass is 10.1. The number of halogens is 1. The van der Waals surface area contributed by atoms with Crippen LogP contribution in [0.5, 0.6) is 0 Å². The van der Waals surface area contributed by atoms with Gasteiger partial charge in [-0.25, -0.2) is 0 Å². The van der Waals surface area contributed by atoms with Crippen LogP contribution >= 0.6 is 11.6 Å². The number of nitrogens with zero attached hydrogens (tertiary/aromatic N) is 2. The first-order valence-corrected chi connectivity index (χ1v) is 6.72. The van der Waals surface area contributed by atoms with Gasteiger partial charge >= 0.3 is 11.4 Å². The van der Waals surface area contributed by atoms with Gasteiger partial charge in [0.15, 0.2) is 0 Å². The van der Waals surface area contributed by atoms with Gasteiger partial charge in [0.1, 0.15) is 0 Å². The van der Waals surface area contributed by atoms with Gasteiger partial charge in [-0.3, -0.25) is 25.0 Å². The van der Waals surface area contributed by atoms with E-state index in [0.29, 0.717) is 10.6 Å². The Morgan fingerprint density at radius 3 is 2.30 bits per heavy atom. The molecule has 2 aromatic rings. The number of carbonyl (C=O) groups is 1. The fourth-order valence-electron chi connectivity index (χ4n) is 1.88. The van der Waals surface area contributed by atoms with Gasteiger partial charge in [0.05, 0.1) is 9.85 Å². The highest BCUT2D eigenvalue weighted by Gasteiger charge is 2.25. The van der Waals surface area contributed by atoms with E-state index in [2.05, 4.69) is 5.32 Å². The summed E-state index contributed by atoms with van der Waals surface area (Å²) in [6.45, 7) is 0.128. The maximum absolute atomic E-state index is 12.0. The summed E-state index contributed by atoms with van der Waals surface area (Å²) in [5.41, 5.74) is -0.772. The quantitative estimate of drug-likeness (QED) is 0.665. The van der Waals surface area contributed by atoms with Gasteiger partial charge in [0.25, 0.3) is 5.91 Å². The smallest absolute Gasteiger partial charge is 0.346 e. The second-order valence-electron chi connectivity index (χ2n) is 4.49. The van der Waals surface area contributed by atoms with E-state index in [9.17, 15) is 25.0 Å². The minimum Gasteiger partial charge on any atom is -0.348 e. The highest BCUT2D eigenvalue weighted by molar-refractivity contribution is 6.31. The third-order valence-corrected chi connectivity index (χ3v) is 3.40. The van der Waals surface area contributed by atoms with Crippen molar-refractivity contribution in [3.05, 3.63) is 78.8 Å². The Balaban J connectivity index is 2.20. The molecule has 0 unspecified atom stereocenters. The van der Waals surface area contributed by atoms with Crippen molar-refractivity contribution in [1.82, 2.24) is 5.32 Å². The van der Waals surface area contributed by atoms with Crippen molar-refractivity contribution in [1.29, 1.82) is 0 Å². The summed E-state index contributed by atoms with van der Waals surface area (Å²) in [5.74, 6) is -0.595. The number of hydrogen-bond acceptors (Lipinski definition) is 5. The van der Waals surface area contributed by atoms with E-state index in [0.717, 1.165) is 18.2 Å². The first-order chi connectivity index (χ1) is 10.9. The summed E-state index contributed by atoms with van der Waals surface area (Å²) >= 11 is 5.96.